The number of thiazole rings is 1. The van der Waals surface area contributed by atoms with Crippen molar-refractivity contribution in [2.24, 2.45) is 5.73 Å². The van der Waals surface area contributed by atoms with Crippen LogP contribution in [0, 0.1) is 11.3 Å². The van der Waals surface area contributed by atoms with E-state index in [0.717, 1.165) is 4.70 Å². The zero-order valence-electron chi connectivity index (χ0n) is 12.5. The van der Waals surface area contributed by atoms with E-state index in [-0.39, 0.29) is 19.6 Å². The summed E-state index contributed by atoms with van der Waals surface area (Å²) in [6.45, 7) is -0.685. The molecule has 1 aromatic heterocycles. The molecule has 0 aliphatic rings. The molecule has 0 atom stereocenters. The number of rotatable bonds is 6. The van der Waals surface area contributed by atoms with Gasteiger partial charge in [-0.25, -0.2) is 4.98 Å². The van der Waals surface area contributed by atoms with Gasteiger partial charge in [-0.3, -0.25) is 14.4 Å². The summed E-state index contributed by atoms with van der Waals surface area (Å²) in [5.74, 6) is -1.37. The molecule has 0 radical (unpaired) electrons. The lowest BCUT2D eigenvalue weighted by Gasteiger charge is -2.07. The van der Waals surface area contributed by atoms with Crippen molar-refractivity contribution in [1.29, 1.82) is 5.26 Å². The molecule has 124 valence electrons. The summed E-state index contributed by atoms with van der Waals surface area (Å²) in [5.41, 5.74) is 6.30. The SMILES string of the molecule is N#Cc1nc2ccc(NC(=O)CNC(=O)CNC(=O)CN)cc2s1. The Morgan fingerprint density at radius 3 is 2.58 bits per heavy atom. The number of nitrogens with one attached hydrogen (secondary N) is 3. The number of carbonyl (C=O) groups is 3. The van der Waals surface area contributed by atoms with Crippen LogP contribution in [0.4, 0.5) is 5.69 Å². The van der Waals surface area contributed by atoms with E-state index in [1.165, 1.54) is 11.3 Å². The smallest absolute Gasteiger partial charge is 0.243 e. The van der Waals surface area contributed by atoms with Crippen LogP contribution in [0.15, 0.2) is 18.2 Å². The number of hydrogen-bond acceptors (Lipinski definition) is 7. The highest BCUT2D eigenvalue weighted by atomic mass is 32.1. The lowest BCUT2D eigenvalue weighted by Crippen LogP contribution is -2.41. The van der Waals surface area contributed by atoms with Gasteiger partial charge in [0.05, 0.1) is 29.9 Å². The molecule has 1 heterocycles. The van der Waals surface area contributed by atoms with Crippen molar-refractivity contribution in [3.05, 3.63) is 23.2 Å². The molecule has 0 fully saturated rings. The third-order valence-electron chi connectivity index (χ3n) is 2.85. The second kappa shape index (κ2) is 8.00. The van der Waals surface area contributed by atoms with Crippen LogP contribution in [0.2, 0.25) is 0 Å². The predicted octanol–water partition coefficient (Wildman–Crippen LogP) is -0.702. The number of anilines is 1. The second-order valence-corrected chi connectivity index (χ2v) is 5.65. The quantitative estimate of drug-likeness (QED) is 0.543. The Kier molecular flexibility index (Phi) is 5.78. The van der Waals surface area contributed by atoms with Gasteiger partial charge in [0, 0.05) is 5.69 Å². The third kappa shape index (κ3) is 4.73. The third-order valence-corrected chi connectivity index (χ3v) is 3.77. The van der Waals surface area contributed by atoms with Crippen molar-refractivity contribution in [3.8, 4) is 6.07 Å². The van der Waals surface area contributed by atoms with Gasteiger partial charge < -0.3 is 21.7 Å². The van der Waals surface area contributed by atoms with Crippen LogP contribution in [-0.2, 0) is 14.4 Å². The maximum Gasteiger partial charge on any atom is 0.243 e. The summed E-state index contributed by atoms with van der Waals surface area (Å²) in [6, 6.07) is 7.03. The highest BCUT2D eigenvalue weighted by molar-refractivity contribution is 7.19. The second-order valence-electron chi connectivity index (χ2n) is 4.62. The van der Waals surface area contributed by atoms with Crippen molar-refractivity contribution in [2.75, 3.05) is 25.0 Å². The first kappa shape index (κ1) is 17.3. The monoisotopic (exact) mass is 346 g/mol. The minimum absolute atomic E-state index is 0.207. The van der Waals surface area contributed by atoms with E-state index >= 15 is 0 Å². The topological polar surface area (TPSA) is 150 Å². The van der Waals surface area contributed by atoms with Crippen molar-refractivity contribution < 1.29 is 14.4 Å². The van der Waals surface area contributed by atoms with E-state index in [0.29, 0.717) is 16.2 Å². The maximum absolute atomic E-state index is 11.8. The normalized spacial score (nSPS) is 10.0. The van der Waals surface area contributed by atoms with Gasteiger partial charge >= 0.3 is 0 Å². The zero-order chi connectivity index (χ0) is 17.5. The Balaban J connectivity index is 1.85. The molecule has 0 spiro atoms. The number of hydrogen-bond donors (Lipinski definition) is 4. The number of nitrogens with zero attached hydrogens (tertiary/aromatic N) is 2. The van der Waals surface area contributed by atoms with E-state index < -0.39 is 17.7 Å². The maximum atomic E-state index is 11.8. The van der Waals surface area contributed by atoms with E-state index in [2.05, 4.69) is 20.9 Å². The number of benzene rings is 1. The van der Waals surface area contributed by atoms with E-state index in [4.69, 9.17) is 11.0 Å². The van der Waals surface area contributed by atoms with Crippen molar-refractivity contribution >= 4 is 45.0 Å². The van der Waals surface area contributed by atoms with Gasteiger partial charge in [0.15, 0.2) is 5.01 Å². The molecule has 0 aliphatic heterocycles. The van der Waals surface area contributed by atoms with Crippen LogP contribution >= 0.6 is 11.3 Å². The number of amides is 3. The molecule has 0 saturated carbocycles. The van der Waals surface area contributed by atoms with E-state index in [1.54, 1.807) is 18.2 Å². The fourth-order valence-electron chi connectivity index (χ4n) is 1.75. The van der Waals surface area contributed by atoms with Gasteiger partial charge in [-0.05, 0) is 18.2 Å². The summed E-state index contributed by atoms with van der Waals surface area (Å²) in [6.07, 6.45) is 0. The van der Waals surface area contributed by atoms with Gasteiger partial charge in [-0.2, -0.15) is 5.26 Å². The summed E-state index contributed by atoms with van der Waals surface area (Å²) >= 11 is 1.22. The summed E-state index contributed by atoms with van der Waals surface area (Å²) < 4.78 is 0.776. The Morgan fingerprint density at radius 2 is 1.88 bits per heavy atom. The number of fused-ring (bicyclic) bond motifs is 1. The first-order chi connectivity index (χ1) is 11.5. The fraction of sp³-hybridized carbons (Fsp3) is 0.214. The molecule has 5 N–H and O–H groups in total. The molecule has 3 amide bonds. The summed E-state index contributed by atoms with van der Waals surface area (Å²) in [4.78, 5) is 38.3. The van der Waals surface area contributed by atoms with E-state index in [9.17, 15) is 14.4 Å². The van der Waals surface area contributed by atoms with Crippen molar-refractivity contribution in [2.45, 2.75) is 0 Å². The zero-order valence-corrected chi connectivity index (χ0v) is 13.3. The van der Waals surface area contributed by atoms with Gasteiger partial charge in [-0.1, -0.05) is 0 Å². The lowest BCUT2D eigenvalue weighted by atomic mass is 10.3. The average molecular weight is 346 g/mol. The van der Waals surface area contributed by atoms with Crippen molar-refractivity contribution in [1.82, 2.24) is 15.6 Å². The number of aromatic nitrogens is 1. The first-order valence-corrected chi connectivity index (χ1v) is 7.67. The van der Waals surface area contributed by atoms with Crippen LogP contribution in [-0.4, -0.2) is 42.3 Å². The lowest BCUT2D eigenvalue weighted by molar-refractivity contribution is -0.126. The first-order valence-electron chi connectivity index (χ1n) is 6.86. The highest BCUT2D eigenvalue weighted by Gasteiger charge is 2.09. The molecular weight excluding hydrogens is 332 g/mol. The molecule has 0 bridgehead atoms. The molecule has 2 aromatic rings. The Bertz CT molecular complexity index is 826. The molecule has 0 saturated heterocycles. The average Bonchev–Trinajstić information content (AvgIpc) is 3.00. The Hall–Kier alpha value is -3.03. The van der Waals surface area contributed by atoms with E-state index in [1.807, 2.05) is 6.07 Å². The standard InChI is InChI=1S/C14H14N6O3S/c15-4-11(21)17-6-12(22)18-7-13(23)19-8-1-2-9-10(3-8)24-14(5-16)20-9/h1-3H,4,6-7,15H2,(H,17,21)(H,18,22)(H,19,23). The van der Waals surface area contributed by atoms with Crippen molar-refractivity contribution in [3.63, 3.8) is 0 Å². The fourth-order valence-corrected chi connectivity index (χ4v) is 2.55. The molecule has 0 aliphatic carbocycles. The van der Waals surface area contributed by atoms with Gasteiger partial charge in [0.2, 0.25) is 17.7 Å². The number of nitrogens with two attached hydrogens (primary N) is 1. The number of carbonyl (C=O) groups excluding carboxylic acids is 3. The number of nitriles is 1. The minimum atomic E-state index is -0.497. The molecule has 1 aromatic carbocycles. The van der Waals surface area contributed by atoms with Gasteiger partial charge in [0.25, 0.3) is 0 Å². The molecule has 10 heteroatoms. The van der Waals surface area contributed by atoms with Crippen LogP contribution in [0.3, 0.4) is 0 Å². The Morgan fingerprint density at radius 1 is 1.17 bits per heavy atom. The molecule has 0 unspecified atom stereocenters. The molecule has 2 rings (SSSR count). The predicted molar refractivity (Wildman–Crippen MR) is 88.0 cm³/mol. The van der Waals surface area contributed by atoms with Gasteiger partial charge in [-0.15, -0.1) is 11.3 Å². The molecule has 24 heavy (non-hydrogen) atoms. The Labute approximate surface area is 140 Å². The van der Waals surface area contributed by atoms with Crippen LogP contribution in [0.1, 0.15) is 5.01 Å². The minimum Gasteiger partial charge on any atom is -0.346 e. The molecular formula is C14H14N6O3S. The largest absolute Gasteiger partial charge is 0.346 e. The summed E-state index contributed by atoms with van der Waals surface area (Å²) in [5, 5.41) is 16.5. The van der Waals surface area contributed by atoms with Crippen LogP contribution < -0.4 is 21.7 Å². The van der Waals surface area contributed by atoms with Crippen LogP contribution in [0.5, 0.6) is 0 Å². The van der Waals surface area contributed by atoms with Crippen LogP contribution in [0.25, 0.3) is 10.2 Å². The van der Waals surface area contributed by atoms with Gasteiger partial charge in [0.1, 0.15) is 6.07 Å². The highest BCUT2D eigenvalue weighted by Crippen LogP contribution is 2.24. The molecule has 9 nitrogen and oxygen atoms in total. The summed E-state index contributed by atoms with van der Waals surface area (Å²) in [7, 11) is 0.